The number of hydrogen-bond donors (Lipinski definition) is 0. The summed E-state index contributed by atoms with van der Waals surface area (Å²) in [5, 5.41) is 9.34. The molecule has 7 heteroatoms. The molecule has 1 aromatic heterocycles. The molecular formula is C26H25N5O2. The number of carbonyl (C=O) groups excluding carboxylic acids is 2. The van der Waals surface area contributed by atoms with Gasteiger partial charge in [0.25, 0.3) is 11.8 Å². The van der Waals surface area contributed by atoms with Crippen molar-refractivity contribution in [3.05, 3.63) is 76.9 Å². The second-order valence-corrected chi connectivity index (χ2v) is 8.25. The summed E-state index contributed by atoms with van der Waals surface area (Å²) in [5.41, 5.74) is 6.64. The van der Waals surface area contributed by atoms with Crippen molar-refractivity contribution >= 4 is 34.2 Å². The molecule has 3 aromatic carbocycles. The fraction of sp³-hybridized carbons (Fsp3) is 0.231. The third kappa shape index (κ3) is 3.28. The molecule has 33 heavy (non-hydrogen) atoms. The summed E-state index contributed by atoms with van der Waals surface area (Å²) in [4.78, 5) is 31.1. The molecule has 0 atom stereocenters. The van der Waals surface area contributed by atoms with Gasteiger partial charge in [0.2, 0.25) is 0 Å². The number of anilines is 2. The molecule has 7 nitrogen and oxygen atoms in total. The van der Waals surface area contributed by atoms with Gasteiger partial charge in [-0.05, 0) is 81.3 Å². The van der Waals surface area contributed by atoms with Crippen LogP contribution in [-0.4, -0.2) is 39.9 Å². The average Bonchev–Trinajstić information content (AvgIpc) is 3.32. The maximum atomic E-state index is 13.0. The summed E-state index contributed by atoms with van der Waals surface area (Å²) >= 11 is 0. The van der Waals surface area contributed by atoms with Crippen LogP contribution in [0.3, 0.4) is 0 Å². The first-order valence-electron chi connectivity index (χ1n) is 11.1. The first kappa shape index (κ1) is 20.9. The van der Waals surface area contributed by atoms with Crippen molar-refractivity contribution in [2.45, 2.75) is 27.7 Å². The van der Waals surface area contributed by atoms with Crippen molar-refractivity contribution in [1.29, 1.82) is 0 Å². The summed E-state index contributed by atoms with van der Waals surface area (Å²) in [6, 6.07) is 16.8. The molecular weight excluding hydrogens is 414 g/mol. The van der Waals surface area contributed by atoms with E-state index >= 15 is 0 Å². The molecule has 0 saturated heterocycles. The minimum absolute atomic E-state index is 0.312. The Balaban J connectivity index is 1.55. The first-order chi connectivity index (χ1) is 15.9. The van der Waals surface area contributed by atoms with Crippen LogP contribution in [0, 0.1) is 13.8 Å². The van der Waals surface area contributed by atoms with E-state index in [1.807, 2.05) is 26.0 Å². The van der Waals surface area contributed by atoms with E-state index in [2.05, 4.69) is 41.1 Å². The summed E-state index contributed by atoms with van der Waals surface area (Å²) in [7, 11) is 0. The van der Waals surface area contributed by atoms with E-state index in [1.165, 1.54) is 10.6 Å². The Hall–Kier alpha value is -4.00. The Bertz CT molecular complexity index is 1380. The highest BCUT2D eigenvalue weighted by molar-refractivity contribution is 6.34. The van der Waals surface area contributed by atoms with E-state index in [0.717, 1.165) is 29.9 Å². The topological polar surface area (TPSA) is 71.3 Å². The fourth-order valence-corrected chi connectivity index (χ4v) is 4.46. The fourth-order valence-electron chi connectivity index (χ4n) is 4.46. The SMILES string of the molecule is CCN(CC)c1ccc(-n2nc3cc(C)c(N4C(=O)c5ccccc5C4=O)cc3n2)c(C)c1. The molecule has 0 radical (unpaired) electrons. The summed E-state index contributed by atoms with van der Waals surface area (Å²) < 4.78 is 0. The van der Waals surface area contributed by atoms with Crippen LogP contribution in [0.25, 0.3) is 16.7 Å². The lowest BCUT2D eigenvalue weighted by Crippen LogP contribution is -2.30. The summed E-state index contributed by atoms with van der Waals surface area (Å²) in [5.74, 6) is -0.624. The molecule has 1 aliphatic rings. The quantitative estimate of drug-likeness (QED) is 0.422. The Morgan fingerprint density at radius 1 is 0.758 bits per heavy atom. The van der Waals surface area contributed by atoms with Crippen LogP contribution < -0.4 is 9.80 Å². The molecule has 0 aliphatic carbocycles. The zero-order valence-corrected chi connectivity index (χ0v) is 19.2. The zero-order chi connectivity index (χ0) is 23.3. The number of nitrogens with zero attached hydrogens (tertiary/aromatic N) is 5. The lowest BCUT2D eigenvalue weighted by atomic mass is 10.1. The van der Waals surface area contributed by atoms with Crippen molar-refractivity contribution in [1.82, 2.24) is 15.0 Å². The van der Waals surface area contributed by atoms with Crippen LogP contribution in [0.4, 0.5) is 11.4 Å². The molecule has 1 aliphatic heterocycles. The van der Waals surface area contributed by atoms with E-state index in [0.29, 0.717) is 27.8 Å². The number of fused-ring (bicyclic) bond motifs is 2. The number of rotatable bonds is 5. The highest BCUT2D eigenvalue weighted by atomic mass is 16.2. The van der Waals surface area contributed by atoms with Crippen LogP contribution in [0.5, 0.6) is 0 Å². The monoisotopic (exact) mass is 439 g/mol. The molecule has 4 aromatic rings. The van der Waals surface area contributed by atoms with Crippen molar-refractivity contribution in [2.75, 3.05) is 22.9 Å². The van der Waals surface area contributed by atoms with Gasteiger partial charge in [-0.2, -0.15) is 4.80 Å². The molecule has 2 heterocycles. The van der Waals surface area contributed by atoms with Gasteiger partial charge in [-0.3, -0.25) is 9.59 Å². The number of aromatic nitrogens is 3. The number of hydrogen-bond acceptors (Lipinski definition) is 5. The van der Waals surface area contributed by atoms with E-state index in [9.17, 15) is 9.59 Å². The third-order valence-electron chi connectivity index (χ3n) is 6.26. The molecule has 5 rings (SSSR count). The van der Waals surface area contributed by atoms with E-state index in [1.54, 1.807) is 35.1 Å². The lowest BCUT2D eigenvalue weighted by molar-refractivity contribution is 0.0926. The van der Waals surface area contributed by atoms with E-state index < -0.39 is 0 Å². The van der Waals surface area contributed by atoms with Gasteiger partial charge in [-0.15, -0.1) is 10.2 Å². The lowest BCUT2D eigenvalue weighted by Gasteiger charge is -2.22. The van der Waals surface area contributed by atoms with Gasteiger partial charge in [0.05, 0.1) is 22.5 Å². The molecule has 0 bridgehead atoms. The maximum absolute atomic E-state index is 13.0. The predicted octanol–water partition coefficient (Wildman–Crippen LogP) is 4.68. The zero-order valence-electron chi connectivity index (χ0n) is 19.2. The molecule has 166 valence electrons. The van der Waals surface area contributed by atoms with Gasteiger partial charge in [-0.1, -0.05) is 12.1 Å². The molecule has 0 unspecified atom stereocenters. The van der Waals surface area contributed by atoms with Gasteiger partial charge in [0.15, 0.2) is 0 Å². The highest BCUT2D eigenvalue weighted by Crippen LogP contribution is 2.33. The minimum atomic E-state index is -0.312. The largest absolute Gasteiger partial charge is 0.372 e. The number of benzene rings is 3. The minimum Gasteiger partial charge on any atom is -0.372 e. The van der Waals surface area contributed by atoms with Crippen LogP contribution in [0.15, 0.2) is 54.6 Å². The predicted molar refractivity (Wildman–Crippen MR) is 129 cm³/mol. The smallest absolute Gasteiger partial charge is 0.266 e. The summed E-state index contributed by atoms with van der Waals surface area (Å²) in [6.07, 6.45) is 0. The van der Waals surface area contributed by atoms with Gasteiger partial charge >= 0.3 is 0 Å². The van der Waals surface area contributed by atoms with E-state index in [4.69, 9.17) is 0 Å². The normalized spacial score (nSPS) is 13.2. The maximum Gasteiger partial charge on any atom is 0.266 e. The standard InChI is InChI=1S/C26H25N5O2/c1-5-29(6-2)18-11-12-23(16(3)13-18)31-27-21-14-17(4)24(15-22(21)28-31)30-25(32)19-9-7-8-10-20(19)26(30)33/h7-15H,5-6H2,1-4H3. The molecule has 0 saturated carbocycles. The van der Waals surface area contributed by atoms with E-state index in [-0.39, 0.29) is 11.8 Å². The highest BCUT2D eigenvalue weighted by Gasteiger charge is 2.37. The Morgan fingerprint density at radius 3 is 1.91 bits per heavy atom. The number of aryl methyl sites for hydroxylation is 2. The van der Waals surface area contributed by atoms with Gasteiger partial charge in [0, 0.05) is 18.8 Å². The van der Waals surface area contributed by atoms with Crippen LogP contribution >= 0.6 is 0 Å². The molecule has 2 amide bonds. The van der Waals surface area contributed by atoms with Gasteiger partial charge in [-0.25, -0.2) is 4.90 Å². The van der Waals surface area contributed by atoms with Crippen molar-refractivity contribution in [2.24, 2.45) is 0 Å². The third-order valence-corrected chi connectivity index (χ3v) is 6.26. The van der Waals surface area contributed by atoms with Crippen LogP contribution in [0.2, 0.25) is 0 Å². The van der Waals surface area contributed by atoms with Crippen LogP contribution in [0.1, 0.15) is 45.7 Å². The van der Waals surface area contributed by atoms with Crippen molar-refractivity contribution in [3.8, 4) is 5.69 Å². The molecule has 0 spiro atoms. The first-order valence-corrected chi connectivity index (χ1v) is 11.1. The Morgan fingerprint density at radius 2 is 1.33 bits per heavy atom. The Kier molecular flexibility index (Phi) is 4.96. The molecule has 0 N–H and O–H groups in total. The number of amides is 2. The molecule has 0 fully saturated rings. The van der Waals surface area contributed by atoms with Gasteiger partial charge in [0.1, 0.15) is 11.0 Å². The second kappa shape index (κ2) is 7.85. The number of imide groups is 1. The van der Waals surface area contributed by atoms with Crippen molar-refractivity contribution < 1.29 is 9.59 Å². The van der Waals surface area contributed by atoms with Gasteiger partial charge < -0.3 is 4.90 Å². The average molecular weight is 440 g/mol. The van der Waals surface area contributed by atoms with Crippen LogP contribution in [-0.2, 0) is 0 Å². The number of carbonyl (C=O) groups is 2. The Labute approximate surface area is 192 Å². The van der Waals surface area contributed by atoms with Crippen molar-refractivity contribution in [3.63, 3.8) is 0 Å². The second-order valence-electron chi connectivity index (χ2n) is 8.25. The summed E-state index contributed by atoms with van der Waals surface area (Å²) in [6.45, 7) is 10.1.